The normalized spacial score (nSPS) is 10.7. The van der Waals surface area contributed by atoms with Gasteiger partial charge in [-0.3, -0.25) is 4.79 Å². The molecule has 2 aromatic rings. The highest BCUT2D eigenvalue weighted by Crippen LogP contribution is 2.17. The second kappa shape index (κ2) is 5.27. The van der Waals surface area contributed by atoms with E-state index >= 15 is 0 Å². The number of hydrogen-bond donors (Lipinski definition) is 0. The van der Waals surface area contributed by atoms with Gasteiger partial charge in [0, 0.05) is 5.56 Å². The second-order valence-corrected chi connectivity index (χ2v) is 5.12. The highest BCUT2D eigenvalue weighted by molar-refractivity contribution is 9.13. The molecule has 0 spiro atoms. The minimum atomic E-state index is -0.706. The van der Waals surface area contributed by atoms with E-state index in [9.17, 15) is 13.6 Å². The number of hydrogen-bond acceptors (Lipinski definition) is 2. The van der Waals surface area contributed by atoms with Crippen molar-refractivity contribution >= 4 is 31.9 Å². The summed E-state index contributed by atoms with van der Waals surface area (Å²) in [5.41, 5.74) is -0.659. The predicted octanol–water partition coefficient (Wildman–Crippen LogP) is 3.09. The molecule has 7 heteroatoms. The Morgan fingerprint density at radius 1 is 1.22 bits per heavy atom. The summed E-state index contributed by atoms with van der Waals surface area (Å²) < 4.78 is 28.6. The molecule has 0 saturated heterocycles. The topological polar surface area (TPSA) is 34.9 Å². The fourth-order valence-corrected chi connectivity index (χ4v) is 1.96. The van der Waals surface area contributed by atoms with Crippen molar-refractivity contribution in [1.29, 1.82) is 0 Å². The van der Waals surface area contributed by atoms with Crippen LogP contribution in [0.2, 0.25) is 0 Å². The number of benzene rings is 1. The standard InChI is InChI=1S/C11H6Br2F2N2O/c12-7-4-16-17(11(18)10(7)13)5-6-8(14)2-1-3-9(6)15/h1-4H,5H2. The molecular weight excluding hydrogens is 374 g/mol. The van der Waals surface area contributed by atoms with Gasteiger partial charge in [-0.1, -0.05) is 6.07 Å². The summed E-state index contributed by atoms with van der Waals surface area (Å²) in [4.78, 5) is 11.8. The maximum atomic E-state index is 13.4. The summed E-state index contributed by atoms with van der Waals surface area (Å²) in [5.74, 6) is -1.41. The van der Waals surface area contributed by atoms with E-state index in [4.69, 9.17) is 0 Å². The summed E-state index contributed by atoms with van der Waals surface area (Å²) >= 11 is 6.20. The van der Waals surface area contributed by atoms with Crippen molar-refractivity contribution in [3.63, 3.8) is 0 Å². The number of rotatable bonds is 2. The molecule has 0 N–H and O–H groups in total. The van der Waals surface area contributed by atoms with E-state index in [0.717, 1.165) is 16.8 Å². The number of nitrogens with zero attached hydrogens (tertiary/aromatic N) is 2. The Hall–Kier alpha value is -1.08. The predicted molar refractivity (Wildman–Crippen MR) is 69.4 cm³/mol. The third-order valence-corrected chi connectivity index (χ3v) is 4.21. The first-order valence-electron chi connectivity index (χ1n) is 4.84. The minimum Gasteiger partial charge on any atom is -0.266 e. The van der Waals surface area contributed by atoms with Crippen LogP contribution in [0.1, 0.15) is 5.56 Å². The molecular formula is C11H6Br2F2N2O. The Labute approximate surface area is 118 Å². The van der Waals surface area contributed by atoms with Gasteiger partial charge >= 0.3 is 0 Å². The van der Waals surface area contributed by atoms with Crippen molar-refractivity contribution in [2.45, 2.75) is 6.54 Å². The summed E-state index contributed by atoms with van der Waals surface area (Å²) in [6.45, 7) is -0.261. The van der Waals surface area contributed by atoms with Gasteiger partial charge in [0.2, 0.25) is 0 Å². The number of halogens is 4. The van der Waals surface area contributed by atoms with Crippen LogP contribution in [-0.2, 0) is 6.54 Å². The Kier molecular flexibility index (Phi) is 3.91. The molecule has 0 atom stereocenters. The van der Waals surface area contributed by atoms with Crippen molar-refractivity contribution in [3.8, 4) is 0 Å². The van der Waals surface area contributed by atoms with Gasteiger partial charge in [0.15, 0.2) is 0 Å². The van der Waals surface area contributed by atoms with Crippen molar-refractivity contribution < 1.29 is 8.78 Å². The summed E-state index contributed by atoms with van der Waals surface area (Å²) in [6, 6.07) is 3.54. The smallest absolute Gasteiger partial charge is 0.266 e. The molecule has 0 aliphatic rings. The molecule has 1 aromatic heterocycles. The zero-order chi connectivity index (χ0) is 13.3. The van der Waals surface area contributed by atoms with E-state index in [1.807, 2.05) is 0 Å². The molecule has 0 amide bonds. The first-order chi connectivity index (χ1) is 8.50. The van der Waals surface area contributed by atoms with Gasteiger partial charge in [0.05, 0.1) is 17.2 Å². The molecule has 0 saturated carbocycles. The van der Waals surface area contributed by atoms with Crippen LogP contribution in [-0.4, -0.2) is 9.78 Å². The Balaban J connectivity index is 2.47. The van der Waals surface area contributed by atoms with Crippen molar-refractivity contribution in [3.05, 3.63) is 60.9 Å². The molecule has 94 valence electrons. The molecule has 1 aromatic carbocycles. The Bertz CT molecular complexity index is 638. The molecule has 0 bridgehead atoms. The van der Waals surface area contributed by atoms with Gasteiger partial charge in [0.1, 0.15) is 16.1 Å². The fraction of sp³-hybridized carbons (Fsp3) is 0.0909. The van der Waals surface area contributed by atoms with Crippen LogP contribution in [0.4, 0.5) is 8.78 Å². The monoisotopic (exact) mass is 378 g/mol. The third-order valence-electron chi connectivity index (χ3n) is 2.31. The summed E-state index contributed by atoms with van der Waals surface area (Å²) in [7, 11) is 0. The van der Waals surface area contributed by atoms with Crippen molar-refractivity contribution in [2.75, 3.05) is 0 Å². The zero-order valence-electron chi connectivity index (χ0n) is 8.83. The lowest BCUT2D eigenvalue weighted by atomic mass is 10.2. The van der Waals surface area contributed by atoms with E-state index in [2.05, 4.69) is 37.0 Å². The van der Waals surface area contributed by atoms with Crippen LogP contribution in [0.3, 0.4) is 0 Å². The van der Waals surface area contributed by atoms with E-state index in [1.165, 1.54) is 12.3 Å². The third kappa shape index (κ3) is 2.51. The van der Waals surface area contributed by atoms with Gasteiger partial charge in [-0.25, -0.2) is 13.5 Å². The first kappa shape index (κ1) is 13.4. The molecule has 0 aliphatic heterocycles. The van der Waals surface area contributed by atoms with Crippen LogP contribution >= 0.6 is 31.9 Å². The molecule has 2 rings (SSSR count). The highest BCUT2D eigenvalue weighted by Gasteiger charge is 2.12. The van der Waals surface area contributed by atoms with Crippen LogP contribution in [0, 0.1) is 11.6 Å². The maximum absolute atomic E-state index is 13.4. The van der Waals surface area contributed by atoms with Crippen LogP contribution in [0.25, 0.3) is 0 Å². The summed E-state index contributed by atoms with van der Waals surface area (Å²) in [5, 5.41) is 3.81. The Morgan fingerprint density at radius 2 is 1.83 bits per heavy atom. The van der Waals surface area contributed by atoms with Gasteiger partial charge in [-0.05, 0) is 44.0 Å². The van der Waals surface area contributed by atoms with Crippen molar-refractivity contribution in [1.82, 2.24) is 9.78 Å². The van der Waals surface area contributed by atoms with Crippen LogP contribution < -0.4 is 5.56 Å². The van der Waals surface area contributed by atoms with E-state index < -0.39 is 17.2 Å². The SMILES string of the molecule is O=c1c(Br)c(Br)cnn1Cc1c(F)cccc1F. The molecule has 0 radical (unpaired) electrons. The maximum Gasteiger partial charge on any atom is 0.282 e. The molecule has 0 fully saturated rings. The first-order valence-corrected chi connectivity index (χ1v) is 6.43. The zero-order valence-corrected chi connectivity index (χ0v) is 12.0. The molecule has 1 heterocycles. The van der Waals surface area contributed by atoms with Crippen LogP contribution in [0.15, 0.2) is 38.1 Å². The Morgan fingerprint density at radius 3 is 2.44 bits per heavy atom. The molecule has 18 heavy (non-hydrogen) atoms. The van der Waals surface area contributed by atoms with Crippen molar-refractivity contribution in [2.24, 2.45) is 0 Å². The van der Waals surface area contributed by atoms with Crippen LogP contribution in [0.5, 0.6) is 0 Å². The largest absolute Gasteiger partial charge is 0.282 e. The average molecular weight is 380 g/mol. The summed E-state index contributed by atoms with van der Waals surface area (Å²) in [6.07, 6.45) is 1.38. The van der Waals surface area contributed by atoms with Gasteiger partial charge < -0.3 is 0 Å². The average Bonchev–Trinajstić information content (AvgIpc) is 2.34. The second-order valence-electron chi connectivity index (χ2n) is 3.47. The molecule has 0 unspecified atom stereocenters. The minimum absolute atomic E-state index is 0.193. The molecule has 3 nitrogen and oxygen atoms in total. The lowest BCUT2D eigenvalue weighted by Crippen LogP contribution is -2.25. The fourth-order valence-electron chi connectivity index (χ4n) is 1.39. The highest BCUT2D eigenvalue weighted by atomic mass is 79.9. The number of aromatic nitrogens is 2. The van der Waals surface area contributed by atoms with Gasteiger partial charge in [-0.2, -0.15) is 5.10 Å². The van der Waals surface area contributed by atoms with E-state index in [0.29, 0.717) is 4.47 Å². The quantitative estimate of drug-likeness (QED) is 0.803. The van der Waals surface area contributed by atoms with Gasteiger partial charge in [0.25, 0.3) is 5.56 Å². The van der Waals surface area contributed by atoms with E-state index in [-0.39, 0.29) is 16.6 Å². The lowest BCUT2D eigenvalue weighted by Gasteiger charge is -2.07. The molecule has 0 aliphatic carbocycles. The lowest BCUT2D eigenvalue weighted by molar-refractivity contribution is 0.523. The van der Waals surface area contributed by atoms with Gasteiger partial charge in [-0.15, -0.1) is 0 Å². The van der Waals surface area contributed by atoms with E-state index in [1.54, 1.807) is 0 Å².